The Hall–Kier alpha value is -0.380. The topological polar surface area (TPSA) is 27.7 Å². The minimum atomic E-state index is -0.623. The molecule has 0 saturated carbocycles. The Morgan fingerprint density at radius 3 is 2.44 bits per heavy atom. The molecule has 0 aliphatic carbocycles. The molecule has 1 heterocycles. The lowest BCUT2D eigenvalue weighted by Gasteiger charge is -2.53. The van der Waals surface area contributed by atoms with Gasteiger partial charge in [0.2, 0.25) is 5.79 Å². The first kappa shape index (κ1) is 13.7. The van der Waals surface area contributed by atoms with Gasteiger partial charge in [0.15, 0.2) is 0 Å². The van der Waals surface area contributed by atoms with Crippen molar-refractivity contribution >= 4 is 0 Å². The maximum atomic E-state index is 5.91. The first-order chi connectivity index (χ1) is 7.35. The summed E-state index contributed by atoms with van der Waals surface area (Å²) in [7, 11) is 0. The smallest absolute Gasteiger partial charge is 0.236 e. The zero-order valence-corrected chi connectivity index (χ0v) is 11.1. The second-order valence-corrected chi connectivity index (χ2v) is 5.37. The van der Waals surface area contributed by atoms with Crippen LogP contribution in [0.25, 0.3) is 0 Å². The Balaban J connectivity index is 2.76. The average molecular weight is 228 g/mol. The Morgan fingerprint density at radius 1 is 1.50 bits per heavy atom. The molecule has 0 N–H and O–H groups in total. The Kier molecular flexibility index (Phi) is 4.16. The van der Waals surface area contributed by atoms with Gasteiger partial charge in [-0.2, -0.15) is 4.89 Å². The molecule has 0 aromatic heterocycles. The van der Waals surface area contributed by atoms with Gasteiger partial charge in [-0.15, -0.1) is 0 Å². The lowest BCUT2D eigenvalue weighted by Crippen LogP contribution is -2.65. The normalized spacial score (nSPS) is 29.9. The van der Waals surface area contributed by atoms with Crippen molar-refractivity contribution in [2.45, 2.75) is 59.4 Å². The van der Waals surface area contributed by atoms with Crippen molar-refractivity contribution < 1.29 is 14.5 Å². The van der Waals surface area contributed by atoms with Gasteiger partial charge in [0, 0.05) is 5.41 Å². The molecule has 3 nitrogen and oxygen atoms in total. The van der Waals surface area contributed by atoms with E-state index in [2.05, 4.69) is 27.4 Å². The van der Waals surface area contributed by atoms with Crippen LogP contribution in [0.3, 0.4) is 0 Å². The van der Waals surface area contributed by atoms with Crippen LogP contribution in [0.4, 0.5) is 0 Å². The molecule has 94 valence electrons. The zero-order chi connectivity index (χ0) is 12.4. The largest absolute Gasteiger partial charge is 0.340 e. The highest BCUT2D eigenvalue weighted by Crippen LogP contribution is 2.48. The molecular formula is C13H24O3. The van der Waals surface area contributed by atoms with E-state index in [0.717, 1.165) is 18.4 Å². The van der Waals surface area contributed by atoms with Crippen LogP contribution in [0.2, 0.25) is 0 Å². The molecule has 2 unspecified atom stereocenters. The summed E-state index contributed by atoms with van der Waals surface area (Å²) in [6.07, 6.45) is 2.10. The second-order valence-electron chi connectivity index (χ2n) is 5.37. The van der Waals surface area contributed by atoms with Gasteiger partial charge in [0.25, 0.3) is 0 Å². The molecular weight excluding hydrogens is 204 g/mol. The molecule has 1 saturated heterocycles. The van der Waals surface area contributed by atoms with Crippen molar-refractivity contribution in [1.29, 1.82) is 0 Å². The van der Waals surface area contributed by atoms with Crippen LogP contribution in [0.1, 0.15) is 47.5 Å². The fourth-order valence-electron chi connectivity index (χ4n) is 2.26. The molecule has 1 aliphatic heterocycles. The molecule has 16 heavy (non-hydrogen) atoms. The maximum Gasteiger partial charge on any atom is 0.236 e. The van der Waals surface area contributed by atoms with Crippen molar-refractivity contribution in [2.24, 2.45) is 5.41 Å². The van der Waals surface area contributed by atoms with Crippen LogP contribution in [0.5, 0.6) is 0 Å². The molecule has 0 aromatic rings. The molecule has 0 spiro atoms. The predicted molar refractivity (Wildman–Crippen MR) is 63.8 cm³/mol. The van der Waals surface area contributed by atoms with Gasteiger partial charge in [-0.3, -0.25) is 0 Å². The van der Waals surface area contributed by atoms with Gasteiger partial charge in [0.05, 0.1) is 6.61 Å². The van der Waals surface area contributed by atoms with Crippen molar-refractivity contribution in [2.75, 3.05) is 6.61 Å². The van der Waals surface area contributed by atoms with Gasteiger partial charge in [0.1, 0.15) is 6.10 Å². The highest BCUT2D eigenvalue weighted by Gasteiger charge is 2.60. The number of hydrogen-bond acceptors (Lipinski definition) is 3. The van der Waals surface area contributed by atoms with E-state index in [1.54, 1.807) is 0 Å². The van der Waals surface area contributed by atoms with Gasteiger partial charge in [-0.25, -0.2) is 4.89 Å². The van der Waals surface area contributed by atoms with Crippen molar-refractivity contribution in [3.05, 3.63) is 12.2 Å². The molecule has 1 rings (SSSR count). The minimum absolute atomic E-state index is 0.0339. The molecule has 1 aliphatic rings. The summed E-state index contributed by atoms with van der Waals surface area (Å²) in [5, 5.41) is 0. The highest BCUT2D eigenvalue weighted by molar-refractivity contribution is 4.97. The van der Waals surface area contributed by atoms with Crippen LogP contribution in [0, 0.1) is 5.41 Å². The van der Waals surface area contributed by atoms with E-state index in [9.17, 15) is 0 Å². The molecule has 0 radical (unpaired) electrons. The molecule has 1 fully saturated rings. The first-order valence-corrected chi connectivity index (χ1v) is 5.98. The van der Waals surface area contributed by atoms with Crippen molar-refractivity contribution in [1.82, 2.24) is 0 Å². The summed E-state index contributed by atoms with van der Waals surface area (Å²) in [4.78, 5) is 10.4. The first-order valence-electron chi connectivity index (χ1n) is 5.98. The third kappa shape index (κ3) is 2.31. The second kappa shape index (κ2) is 4.86. The fraction of sp³-hybridized carbons (Fsp3) is 0.846. The van der Waals surface area contributed by atoms with E-state index < -0.39 is 5.79 Å². The van der Waals surface area contributed by atoms with Crippen LogP contribution in [0.15, 0.2) is 12.2 Å². The van der Waals surface area contributed by atoms with Gasteiger partial charge in [-0.05, 0) is 20.3 Å². The van der Waals surface area contributed by atoms with E-state index in [1.807, 2.05) is 13.8 Å². The summed E-state index contributed by atoms with van der Waals surface area (Å²) < 4.78 is 5.91. The summed E-state index contributed by atoms with van der Waals surface area (Å²) in [6, 6.07) is 0. The van der Waals surface area contributed by atoms with Gasteiger partial charge in [-0.1, -0.05) is 39.3 Å². The predicted octanol–water partition coefficient (Wildman–Crippen LogP) is 3.45. The van der Waals surface area contributed by atoms with E-state index in [0.29, 0.717) is 6.61 Å². The lowest BCUT2D eigenvalue weighted by molar-refractivity contribution is -0.591. The standard InChI is InChI=1S/C13H24O3/c1-7-8-12(5,6)13(11(4)15-16-13)14-9-10(2)3/h11H,2,7-9H2,1,3-6H3. The zero-order valence-electron chi connectivity index (χ0n) is 11.1. The Bertz CT molecular complexity index is 260. The lowest BCUT2D eigenvalue weighted by atomic mass is 9.76. The van der Waals surface area contributed by atoms with Crippen LogP contribution < -0.4 is 0 Å². The monoisotopic (exact) mass is 228 g/mol. The minimum Gasteiger partial charge on any atom is -0.340 e. The maximum absolute atomic E-state index is 5.91. The third-order valence-electron chi connectivity index (χ3n) is 3.20. The Labute approximate surface area is 98.7 Å². The van der Waals surface area contributed by atoms with Crippen LogP contribution in [-0.2, 0) is 14.5 Å². The summed E-state index contributed by atoms with van der Waals surface area (Å²) in [5.41, 5.74) is 0.934. The van der Waals surface area contributed by atoms with E-state index in [4.69, 9.17) is 14.5 Å². The quantitative estimate of drug-likeness (QED) is 0.515. The van der Waals surface area contributed by atoms with Crippen molar-refractivity contribution in [3.63, 3.8) is 0 Å². The summed E-state index contributed by atoms with van der Waals surface area (Å²) in [6.45, 7) is 14.8. The highest BCUT2D eigenvalue weighted by atomic mass is 17.3. The number of ether oxygens (including phenoxy) is 1. The summed E-state index contributed by atoms with van der Waals surface area (Å²) >= 11 is 0. The number of hydrogen-bond donors (Lipinski definition) is 0. The van der Waals surface area contributed by atoms with Crippen molar-refractivity contribution in [3.8, 4) is 0 Å². The van der Waals surface area contributed by atoms with Crippen LogP contribution in [-0.4, -0.2) is 18.5 Å². The average Bonchev–Trinajstić information content (AvgIpc) is 2.15. The van der Waals surface area contributed by atoms with Gasteiger partial charge < -0.3 is 4.74 Å². The van der Waals surface area contributed by atoms with E-state index in [-0.39, 0.29) is 11.5 Å². The molecule has 0 amide bonds. The van der Waals surface area contributed by atoms with Gasteiger partial charge >= 0.3 is 0 Å². The molecule has 2 atom stereocenters. The fourth-order valence-corrected chi connectivity index (χ4v) is 2.26. The van der Waals surface area contributed by atoms with E-state index in [1.165, 1.54) is 0 Å². The molecule has 0 aromatic carbocycles. The molecule has 3 heteroatoms. The van der Waals surface area contributed by atoms with Crippen LogP contribution >= 0.6 is 0 Å². The molecule has 0 bridgehead atoms. The summed E-state index contributed by atoms with van der Waals surface area (Å²) in [5.74, 6) is -0.623. The third-order valence-corrected chi connectivity index (χ3v) is 3.20. The SMILES string of the molecule is C=C(C)COC1(C(C)(C)CCC)OOC1C. The Morgan fingerprint density at radius 2 is 2.12 bits per heavy atom. The van der Waals surface area contributed by atoms with E-state index >= 15 is 0 Å². The number of rotatable bonds is 6.